The maximum Gasteiger partial charge on any atom is 0.251 e. The van der Waals surface area contributed by atoms with Gasteiger partial charge in [-0.25, -0.2) is 0 Å². The predicted molar refractivity (Wildman–Crippen MR) is 118 cm³/mol. The Bertz CT molecular complexity index is 890. The minimum atomic E-state index is -0.349. The first-order valence-corrected chi connectivity index (χ1v) is 10.6. The number of hydrogen-bond donors (Lipinski definition) is 1. The second-order valence-corrected chi connectivity index (χ2v) is 7.98. The summed E-state index contributed by atoms with van der Waals surface area (Å²) in [4.78, 5) is 29.0. The molecule has 3 rings (SSSR count). The highest BCUT2D eigenvalue weighted by Gasteiger charge is 2.20. The monoisotopic (exact) mass is 449 g/mol. The molecule has 1 heterocycles. The summed E-state index contributed by atoms with van der Waals surface area (Å²) in [5.74, 6) is 0.405. The van der Waals surface area contributed by atoms with E-state index in [4.69, 9.17) is 27.9 Å². The second-order valence-electron chi connectivity index (χ2n) is 7.17. The average Bonchev–Trinajstić information content (AvgIpc) is 3.00. The topological polar surface area (TPSA) is 61.9 Å². The van der Waals surface area contributed by atoms with Gasteiger partial charge in [0.25, 0.3) is 5.91 Å². The zero-order valence-corrected chi connectivity index (χ0v) is 18.4. The molecule has 2 amide bonds. The molecule has 0 radical (unpaired) electrons. The van der Waals surface area contributed by atoms with Gasteiger partial charge >= 0.3 is 0 Å². The molecular weight excluding hydrogens is 425 g/mol. The summed E-state index contributed by atoms with van der Waals surface area (Å²) in [5.41, 5.74) is 1.59. The molecule has 2 aromatic rings. The molecule has 1 saturated heterocycles. The summed E-state index contributed by atoms with van der Waals surface area (Å²) >= 11 is 11.8. The van der Waals surface area contributed by atoms with Crippen molar-refractivity contribution in [2.45, 2.75) is 13.0 Å². The molecule has 0 atom stereocenters. The summed E-state index contributed by atoms with van der Waals surface area (Å²) in [7, 11) is 1.66. The number of halogens is 2. The summed E-state index contributed by atoms with van der Waals surface area (Å²) in [6.07, 6.45) is 0.892. The third-order valence-electron chi connectivity index (χ3n) is 5.09. The van der Waals surface area contributed by atoms with Crippen LogP contribution in [0.15, 0.2) is 42.5 Å². The fourth-order valence-corrected chi connectivity index (χ4v) is 3.67. The fraction of sp³-hybridized carbons (Fsp3) is 0.364. The van der Waals surface area contributed by atoms with Gasteiger partial charge in [-0.1, -0.05) is 35.3 Å². The Balaban J connectivity index is 1.47. The molecule has 1 fully saturated rings. The Hall–Kier alpha value is -2.28. The summed E-state index contributed by atoms with van der Waals surface area (Å²) in [5, 5.41) is 3.36. The van der Waals surface area contributed by atoms with Gasteiger partial charge in [0.15, 0.2) is 0 Å². The quantitative estimate of drug-likeness (QED) is 0.733. The average molecular weight is 450 g/mol. The lowest BCUT2D eigenvalue weighted by Gasteiger charge is -2.22. The summed E-state index contributed by atoms with van der Waals surface area (Å²) < 4.78 is 5.20. The molecule has 1 aliphatic rings. The molecule has 0 aliphatic carbocycles. The van der Waals surface area contributed by atoms with Crippen LogP contribution in [0.25, 0.3) is 0 Å². The van der Waals surface area contributed by atoms with E-state index in [-0.39, 0.29) is 18.4 Å². The Morgan fingerprint density at radius 2 is 1.77 bits per heavy atom. The van der Waals surface area contributed by atoms with E-state index in [9.17, 15) is 9.59 Å². The summed E-state index contributed by atoms with van der Waals surface area (Å²) in [6.45, 7) is 3.82. The van der Waals surface area contributed by atoms with Crippen LogP contribution in [-0.4, -0.2) is 61.4 Å². The van der Waals surface area contributed by atoms with Gasteiger partial charge in [-0.2, -0.15) is 0 Å². The molecule has 30 heavy (non-hydrogen) atoms. The second kappa shape index (κ2) is 10.7. The molecule has 6 nitrogen and oxygen atoms in total. The van der Waals surface area contributed by atoms with Crippen molar-refractivity contribution in [1.82, 2.24) is 15.1 Å². The van der Waals surface area contributed by atoms with Crippen LogP contribution in [0.5, 0.6) is 5.75 Å². The van der Waals surface area contributed by atoms with Crippen molar-refractivity contribution >= 4 is 35.0 Å². The van der Waals surface area contributed by atoms with Crippen molar-refractivity contribution in [2.24, 2.45) is 0 Å². The third kappa shape index (κ3) is 6.11. The van der Waals surface area contributed by atoms with Crippen LogP contribution >= 0.6 is 23.2 Å². The van der Waals surface area contributed by atoms with Crippen LogP contribution in [-0.2, 0) is 11.3 Å². The smallest absolute Gasteiger partial charge is 0.251 e. The number of rotatable bonds is 6. The predicted octanol–water partition coefficient (Wildman–Crippen LogP) is 3.47. The lowest BCUT2D eigenvalue weighted by molar-refractivity contribution is -0.130. The maximum atomic E-state index is 12.6. The largest absolute Gasteiger partial charge is 0.497 e. The Kier molecular flexibility index (Phi) is 7.96. The van der Waals surface area contributed by atoms with Gasteiger partial charge in [0.2, 0.25) is 5.91 Å². The van der Waals surface area contributed by atoms with Crippen molar-refractivity contribution in [3.05, 3.63) is 63.6 Å². The Morgan fingerprint density at radius 3 is 2.47 bits per heavy atom. The normalized spacial score (nSPS) is 14.8. The highest BCUT2D eigenvalue weighted by atomic mass is 35.5. The van der Waals surface area contributed by atoms with E-state index in [0.29, 0.717) is 28.7 Å². The van der Waals surface area contributed by atoms with E-state index < -0.39 is 0 Å². The molecule has 8 heteroatoms. The minimum absolute atomic E-state index is 0.0441. The molecule has 2 aromatic carbocycles. The van der Waals surface area contributed by atoms with Crippen LogP contribution in [0.4, 0.5) is 0 Å². The van der Waals surface area contributed by atoms with E-state index in [0.717, 1.165) is 31.8 Å². The molecule has 160 valence electrons. The molecule has 1 N–H and O–H groups in total. The SMILES string of the molecule is COc1ccc(CN2CCCN(C(=O)CNC(=O)c3ccc(Cl)c(Cl)c3)CC2)cc1. The number of nitrogens with one attached hydrogen (secondary N) is 1. The molecule has 0 saturated carbocycles. The summed E-state index contributed by atoms with van der Waals surface area (Å²) in [6, 6.07) is 12.7. The van der Waals surface area contributed by atoms with Crippen molar-refractivity contribution in [1.29, 1.82) is 0 Å². The lowest BCUT2D eigenvalue weighted by Crippen LogP contribution is -2.42. The van der Waals surface area contributed by atoms with Crippen molar-refractivity contribution in [3.8, 4) is 5.75 Å². The number of nitrogens with zero attached hydrogens (tertiary/aromatic N) is 2. The number of amides is 2. The molecule has 1 aliphatic heterocycles. The van der Waals surface area contributed by atoms with Crippen LogP contribution in [0.3, 0.4) is 0 Å². The Morgan fingerprint density at radius 1 is 1.00 bits per heavy atom. The zero-order valence-electron chi connectivity index (χ0n) is 16.9. The van der Waals surface area contributed by atoms with Gasteiger partial charge in [0.1, 0.15) is 5.75 Å². The van der Waals surface area contributed by atoms with Crippen molar-refractivity contribution < 1.29 is 14.3 Å². The van der Waals surface area contributed by atoms with Gasteiger partial charge in [0.05, 0.1) is 23.7 Å². The van der Waals surface area contributed by atoms with E-state index in [1.807, 2.05) is 17.0 Å². The number of ether oxygens (including phenoxy) is 1. The molecule has 0 bridgehead atoms. The standard InChI is InChI=1S/C22H25Cl2N3O3/c1-30-18-6-3-16(4-7-18)15-26-9-2-10-27(12-11-26)21(28)14-25-22(29)17-5-8-19(23)20(24)13-17/h3-8,13H,2,9-12,14-15H2,1H3,(H,25,29). The molecule has 0 aromatic heterocycles. The number of carbonyl (C=O) groups is 2. The fourth-order valence-electron chi connectivity index (χ4n) is 3.37. The molecule has 0 unspecified atom stereocenters. The van der Waals surface area contributed by atoms with Crippen molar-refractivity contribution in [3.63, 3.8) is 0 Å². The minimum Gasteiger partial charge on any atom is -0.497 e. The van der Waals surface area contributed by atoms with E-state index in [1.54, 1.807) is 19.2 Å². The van der Waals surface area contributed by atoms with E-state index in [1.165, 1.54) is 11.6 Å². The van der Waals surface area contributed by atoms with Gasteiger partial charge in [-0.3, -0.25) is 14.5 Å². The van der Waals surface area contributed by atoms with Gasteiger partial charge < -0.3 is 15.0 Å². The number of methoxy groups -OCH3 is 1. The highest BCUT2D eigenvalue weighted by molar-refractivity contribution is 6.42. The van der Waals surface area contributed by atoms with Gasteiger partial charge in [0, 0.05) is 38.3 Å². The zero-order chi connectivity index (χ0) is 21.5. The highest BCUT2D eigenvalue weighted by Crippen LogP contribution is 2.22. The Labute approximate surface area is 186 Å². The van der Waals surface area contributed by atoms with Crippen LogP contribution in [0.2, 0.25) is 10.0 Å². The van der Waals surface area contributed by atoms with Crippen LogP contribution in [0.1, 0.15) is 22.3 Å². The number of carbonyl (C=O) groups excluding carboxylic acids is 2. The van der Waals surface area contributed by atoms with Crippen LogP contribution in [0, 0.1) is 0 Å². The number of hydrogen-bond acceptors (Lipinski definition) is 4. The van der Waals surface area contributed by atoms with Gasteiger partial charge in [-0.15, -0.1) is 0 Å². The first-order valence-electron chi connectivity index (χ1n) is 9.82. The third-order valence-corrected chi connectivity index (χ3v) is 5.83. The van der Waals surface area contributed by atoms with Crippen LogP contribution < -0.4 is 10.1 Å². The number of benzene rings is 2. The molecular formula is C22H25Cl2N3O3. The van der Waals surface area contributed by atoms with Crippen molar-refractivity contribution in [2.75, 3.05) is 39.8 Å². The maximum absolute atomic E-state index is 12.6. The van der Waals surface area contributed by atoms with Gasteiger partial charge in [-0.05, 0) is 42.3 Å². The first kappa shape index (κ1) is 22.4. The molecule has 0 spiro atoms. The van der Waals surface area contributed by atoms with E-state index in [2.05, 4.69) is 22.3 Å². The van der Waals surface area contributed by atoms with E-state index >= 15 is 0 Å². The lowest BCUT2D eigenvalue weighted by atomic mass is 10.2. The first-order chi connectivity index (χ1) is 14.5.